The first-order chi connectivity index (χ1) is 8.55. The maximum atomic E-state index is 11.5. The molecule has 0 saturated heterocycles. The zero-order valence-electron chi connectivity index (χ0n) is 11.3. The highest BCUT2D eigenvalue weighted by Crippen LogP contribution is 2.85. The van der Waals surface area contributed by atoms with E-state index in [-0.39, 0.29) is 11.6 Å². The summed E-state index contributed by atoms with van der Waals surface area (Å²) in [6.45, 7) is 3.87. The van der Waals surface area contributed by atoms with Crippen LogP contribution in [0.2, 0.25) is 0 Å². The third-order valence-corrected chi connectivity index (χ3v) is 7.58. The maximum absolute atomic E-state index is 11.5. The highest BCUT2D eigenvalue weighted by atomic mass is 16.6. The normalized spacial score (nSPS) is 65.9. The van der Waals surface area contributed by atoms with Gasteiger partial charge in [-0.05, 0) is 68.1 Å². The molecule has 0 heterocycles. The van der Waals surface area contributed by atoms with E-state index in [9.17, 15) is 4.79 Å². The van der Waals surface area contributed by atoms with E-state index in [2.05, 4.69) is 6.92 Å². The second kappa shape index (κ2) is 2.66. The van der Waals surface area contributed by atoms with Gasteiger partial charge in [0, 0.05) is 18.8 Å². The summed E-state index contributed by atoms with van der Waals surface area (Å²) in [5.74, 6) is 5.13. The van der Waals surface area contributed by atoms with Crippen LogP contribution in [0.5, 0.6) is 0 Å². The average Bonchev–Trinajstić information content (AvgIpc) is 2.97. The molecule has 8 unspecified atom stereocenters. The Morgan fingerprint density at radius 2 is 2.06 bits per heavy atom. The van der Waals surface area contributed by atoms with Crippen molar-refractivity contribution in [2.45, 2.75) is 51.6 Å². The lowest BCUT2D eigenvalue weighted by atomic mass is 9.47. The van der Waals surface area contributed by atoms with Crippen LogP contribution in [0.3, 0.4) is 0 Å². The van der Waals surface area contributed by atoms with Gasteiger partial charge in [0.15, 0.2) is 0 Å². The molecule has 8 atom stereocenters. The Balaban J connectivity index is 1.64. The summed E-state index contributed by atoms with van der Waals surface area (Å²) in [5.41, 5.74) is 0.521. The van der Waals surface area contributed by atoms with Gasteiger partial charge in [-0.2, -0.15) is 0 Å². The molecule has 6 fully saturated rings. The first-order valence-corrected chi connectivity index (χ1v) is 7.75. The van der Waals surface area contributed by atoms with Crippen LogP contribution in [-0.4, -0.2) is 11.6 Å². The van der Waals surface area contributed by atoms with Crippen molar-refractivity contribution >= 4 is 5.97 Å². The minimum absolute atomic E-state index is 0.0579. The first kappa shape index (κ1) is 10.3. The van der Waals surface area contributed by atoms with Crippen molar-refractivity contribution in [2.75, 3.05) is 0 Å². The van der Waals surface area contributed by atoms with Crippen LogP contribution >= 0.6 is 0 Å². The summed E-state index contributed by atoms with van der Waals surface area (Å²) in [6, 6.07) is 0. The van der Waals surface area contributed by atoms with Crippen LogP contribution in [0.4, 0.5) is 0 Å². The molecule has 0 aliphatic heterocycles. The van der Waals surface area contributed by atoms with Crippen LogP contribution in [0.1, 0.15) is 46.0 Å². The Hall–Kier alpha value is -0.530. The number of esters is 1. The quantitative estimate of drug-likeness (QED) is 0.665. The number of carbonyl (C=O) groups excluding carboxylic acids is 1. The molecule has 6 aliphatic rings. The Labute approximate surface area is 108 Å². The Kier molecular flexibility index (Phi) is 1.52. The summed E-state index contributed by atoms with van der Waals surface area (Å²) in [6.07, 6.45) is 7.18. The summed E-state index contributed by atoms with van der Waals surface area (Å²) in [4.78, 5) is 11.5. The largest absolute Gasteiger partial charge is 0.459 e. The molecule has 6 rings (SSSR count). The van der Waals surface area contributed by atoms with Crippen LogP contribution in [-0.2, 0) is 9.53 Å². The fourth-order valence-electron chi connectivity index (χ4n) is 7.54. The van der Waals surface area contributed by atoms with E-state index in [1.54, 1.807) is 6.92 Å². The highest BCUT2D eigenvalue weighted by Gasteiger charge is 2.83. The first-order valence-electron chi connectivity index (χ1n) is 7.75. The van der Waals surface area contributed by atoms with Gasteiger partial charge in [-0.25, -0.2) is 0 Å². The fourth-order valence-corrected chi connectivity index (χ4v) is 7.54. The maximum Gasteiger partial charge on any atom is 0.303 e. The fraction of sp³-hybridized carbons (Fsp3) is 0.938. The van der Waals surface area contributed by atoms with Crippen molar-refractivity contribution < 1.29 is 9.53 Å². The Morgan fingerprint density at radius 3 is 2.83 bits per heavy atom. The number of rotatable bonds is 1. The number of ether oxygens (including phenoxy) is 1. The predicted octanol–water partition coefficient (Wildman–Crippen LogP) is 3.01. The Morgan fingerprint density at radius 1 is 1.22 bits per heavy atom. The van der Waals surface area contributed by atoms with Gasteiger partial charge >= 0.3 is 5.97 Å². The second-order valence-electron chi connectivity index (χ2n) is 8.04. The smallest absolute Gasteiger partial charge is 0.303 e. The van der Waals surface area contributed by atoms with Crippen molar-refractivity contribution in [2.24, 2.45) is 40.9 Å². The van der Waals surface area contributed by atoms with E-state index in [0.717, 1.165) is 23.7 Å². The predicted molar refractivity (Wildman–Crippen MR) is 66.6 cm³/mol. The lowest BCUT2D eigenvalue weighted by molar-refractivity contribution is -0.174. The third-order valence-electron chi connectivity index (χ3n) is 7.58. The summed E-state index contributed by atoms with van der Waals surface area (Å²) in [7, 11) is 0. The average molecular weight is 246 g/mol. The van der Waals surface area contributed by atoms with Gasteiger partial charge in [-0.1, -0.05) is 0 Å². The molecule has 6 aliphatic carbocycles. The lowest BCUT2D eigenvalue weighted by Gasteiger charge is -2.58. The van der Waals surface area contributed by atoms with Crippen molar-refractivity contribution in [3.63, 3.8) is 0 Å². The molecule has 0 aromatic heterocycles. The monoisotopic (exact) mass is 246 g/mol. The van der Waals surface area contributed by atoms with Gasteiger partial charge in [0.05, 0.1) is 0 Å². The van der Waals surface area contributed by atoms with E-state index in [4.69, 9.17) is 4.74 Å². The summed E-state index contributed by atoms with van der Waals surface area (Å²) >= 11 is 0. The lowest BCUT2D eigenvalue weighted by Crippen LogP contribution is -2.54. The van der Waals surface area contributed by atoms with E-state index in [1.165, 1.54) is 32.1 Å². The highest BCUT2D eigenvalue weighted by molar-refractivity contribution is 5.67. The minimum atomic E-state index is -0.106. The minimum Gasteiger partial charge on any atom is -0.459 e. The molecule has 2 nitrogen and oxygen atoms in total. The third kappa shape index (κ3) is 0.857. The van der Waals surface area contributed by atoms with Crippen molar-refractivity contribution in [1.29, 1.82) is 0 Å². The number of hydrogen-bond donors (Lipinski definition) is 0. The van der Waals surface area contributed by atoms with Crippen LogP contribution in [0.15, 0.2) is 0 Å². The van der Waals surface area contributed by atoms with Crippen LogP contribution in [0, 0.1) is 40.9 Å². The molecular weight excluding hydrogens is 224 g/mol. The summed E-state index contributed by atoms with van der Waals surface area (Å²) in [5, 5.41) is 0. The molecule has 6 bridgehead atoms. The van der Waals surface area contributed by atoms with Gasteiger partial charge in [0.2, 0.25) is 0 Å². The molecule has 18 heavy (non-hydrogen) atoms. The van der Waals surface area contributed by atoms with Crippen molar-refractivity contribution in [3.05, 3.63) is 0 Å². The van der Waals surface area contributed by atoms with E-state index in [1.807, 2.05) is 0 Å². The molecule has 98 valence electrons. The van der Waals surface area contributed by atoms with Gasteiger partial charge in [0.1, 0.15) is 5.60 Å². The molecular formula is C16H22O2. The number of hydrogen-bond acceptors (Lipinski definition) is 2. The SMILES string of the molecule is CC(=O)OC1(C)C2C3CC4CC(C3)C3(CC13)C2C4. The molecule has 0 aromatic carbocycles. The van der Waals surface area contributed by atoms with E-state index in [0.29, 0.717) is 17.3 Å². The standard InChI is InChI=1S/C16H22O2/c1-8(17)18-15(2)13-7-16(13)11-4-9-3-10(6-11)14(15)12(16)5-9/h9-14H,3-7H2,1-2H3. The van der Waals surface area contributed by atoms with E-state index < -0.39 is 0 Å². The molecule has 0 amide bonds. The Bertz CT molecular complexity index is 458. The number of carbonyl (C=O) groups is 1. The zero-order chi connectivity index (χ0) is 12.3. The van der Waals surface area contributed by atoms with Crippen molar-refractivity contribution in [1.82, 2.24) is 0 Å². The molecule has 0 radical (unpaired) electrons. The molecule has 1 spiro atoms. The van der Waals surface area contributed by atoms with E-state index >= 15 is 0 Å². The molecule has 2 heteroatoms. The topological polar surface area (TPSA) is 26.3 Å². The second-order valence-corrected chi connectivity index (χ2v) is 8.04. The van der Waals surface area contributed by atoms with Crippen LogP contribution < -0.4 is 0 Å². The van der Waals surface area contributed by atoms with Gasteiger partial charge in [-0.3, -0.25) is 4.79 Å². The molecule has 0 aromatic rings. The van der Waals surface area contributed by atoms with Gasteiger partial charge in [0.25, 0.3) is 0 Å². The van der Waals surface area contributed by atoms with Gasteiger partial charge in [-0.15, -0.1) is 0 Å². The van der Waals surface area contributed by atoms with Crippen LogP contribution in [0.25, 0.3) is 0 Å². The molecule has 6 saturated carbocycles. The molecule has 0 N–H and O–H groups in total. The van der Waals surface area contributed by atoms with Crippen molar-refractivity contribution in [3.8, 4) is 0 Å². The van der Waals surface area contributed by atoms with Gasteiger partial charge < -0.3 is 4.74 Å². The summed E-state index contributed by atoms with van der Waals surface area (Å²) < 4.78 is 5.93. The zero-order valence-corrected chi connectivity index (χ0v) is 11.3.